The number of carbonyl (C=O) groups is 1. The van der Waals surface area contributed by atoms with Crippen molar-refractivity contribution >= 4 is 17.1 Å². The summed E-state index contributed by atoms with van der Waals surface area (Å²) in [6, 6.07) is 4.35. The number of Topliss-reactive ketones (excluding diaryl/α,β-unsaturated/α-hetero) is 1. The molecular formula is C18H26OS. The second-order valence-electron chi connectivity index (χ2n) is 6.68. The molecule has 2 aliphatic carbocycles. The van der Waals surface area contributed by atoms with Crippen molar-refractivity contribution < 1.29 is 4.79 Å². The summed E-state index contributed by atoms with van der Waals surface area (Å²) < 4.78 is 0. The van der Waals surface area contributed by atoms with E-state index < -0.39 is 0 Å². The molecule has 0 aromatic carbocycles. The molecule has 1 nitrogen and oxygen atoms in total. The number of rotatable bonds is 4. The van der Waals surface area contributed by atoms with E-state index in [1.165, 1.54) is 48.3 Å². The number of carbonyl (C=O) groups excluding carboxylic acids is 1. The molecule has 0 radical (unpaired) electrons. The van der Waals surface area contributed by atoms with Crippen molar-refractivity contribution in [1.82, 2.24) is 0 Å². The molecule has 2 fully saturated rings. The van der Waals surface area contributed by atoms with Crippen molar-refractivity contribution in [2.24, 2.45) is 17.8 Å². The van der Waals surface area contributed by atoms with Crippen LogP contribution in [-0.2, 0) is 17.6 Å². The first-order valence-electron chi connectivity index (χ1n) is 8.36. The van der Waals surface area contributed by atoms with E-state index in [9.17, 15) is 4.79 Å². The van der Waals surface area contributed by atoms with Crippen LogP contribution in [0.1, 0.15) is 61.6 Å². The maximum atomic E-state index is 12.5. The number of hydrogen-bond acceptors (Lipinski definition) is 2. The lowest BCUT2D eigenvalue weighted by molar-refractivity contribution is -0.124. The molecule has 0 saturated heterocycles. The maximum absolute atomic E-state index is 12.5. The van der Waals surface area contributed by atoms with Gasteiger partial charge in [0.05, 0.1) is 0 Å². The summed E-state index contributed by atoms with van der Waals surface area (Å²) in [4.78, 5) is 15.2. The Hall–Kier alpha value is -0.630. The highest BCUT2D eigenvalue weighted by Gasteiger charge is 2.34. The first kappa shape index (κ1) is 14.3. The van der Waals surface area contributed by atoms with E-state index in [1.807, 2.05) is 11.3 Å². The molecule has 0 amide bonds. The number of aryl methyl sites for hydroxylation is 1. The van der Waals surface area contributed by atoms with Crippen LogP contribution in [0.4, 0.5) is 0 Å². The zero-order valence-corrected chi connectivity index (χ0v) is 13.4. The maximum Gasteiger partial charge on any atom is 0.141 e. The van der Waals surface area contributed by atoms with Gasteiger partial charge in [0.1, 0.15) is 5.78 Å². The van der Waals surface area contributed by atoms with Crippen molar-refractivity contribution in [2.45, 2.75) is 64.7 Å². The first-order chi connectivity index (χ1) is 9.76. The summed E-state index contributed by atoms with van der Waals surface area (Å²) in [5, 5.41) is 0. The Balaban J connectivity index is 1.57. The van der Waals surface area contributed by atoms with Crippen molar-refractivity contribution in [3.05, 3.63) is 21.9 Å². The van der Waals surface area contributed by atoms with Gasteiger partial charge in [-0.2, -0.15) is 0 Å². The number of hydrogen-bond donors (Lipinski definition) is 0. The quantitative estimate of drug-likeness (QED) is 0.760. The third kappa shape index (κ3) is 3.16. The molecule has 1 aromatic heterocycles. The predicted molar refractivity (Wildman–Crippen MR) is 85.2 cm³/mol. The molecule has 3 rings (SSSR count). The number of ketones is 1. The fourth-order valence-corrected chi connectivity index (χ4v) is 5.16. The number of thiophene rings is 1. The smallest absolute Gasteiger partial charge is 0.141 e. The fraction of sp³-hybridized carbons (Fsp3) is 0.722. The molecule has 0 N–H and O–H groups in total. The SMILES string of the molecule is CCc1ccc(CC(=O)C2CCC3CCCCC3C2)s1. The Bertz CT molecular complexity index is 462. The second kappa shape index (κ2) is 6.43. The average molecular weight is 290 g/mol. The lowest BCUT2D eigenvalue weighted by atomic mass is 9.66. The standard InChI is InChI=1S/C18H26OS/c1-2-16-9-10-17(20-16)12-18(19)15-8-7-13-5-3-4-6-14(13)11-15/h9-10,13-15H,2-8,11-12H2,1H3. The van der Waals surface area contributed by atoms with Gasteiger partial charge in [-0.3, -0.25) is 4.79 Å². The highest BCUT2D eigenvalue weighted by molar-refractivity contribution is 7.12. The second-order valence-corrected chi connectivity index (χ2v) is 7.93. The summed E-state index contributed by atoms with van der Waals surface area (Å²) in [6.45, 7) is 2.18. The van der Waals surface area contributed by atoms with E-state index in [2.05, 4.69) is 19.1 Å². The highest BCUT2D eigenvalue weighted by Crippen LogP contribution is 2.43. The number of fused-ring (bicyclic) bond motifs is 1. The molecule has 0 spiro atoms. The van der Waals surface area contributed by atoms with E-state index in [0.29, 0.717) is 18.1 Å². The van der Waals surface area contributed by atoms with Crippen LogP contribution < -0.4 is 0 Å². The summed E-state index contributed by atoms with van der Waals surface area (Å²) in [6.07, 6.45) is 11.1. The average Bonchev–Trinajstić information content (AvgIpc) is 2.94. The third-order valence-electron chi connectivity index (χ3n) is 5.41. The zero-order chi connectivity index (χ0) is 13.9. The van der Waals surface area contributed by atoms with Crippen LogP contribution in [0.25, 0.3) is 0 Å². The molecule has 1 heterocycles. The van der Waals surface area contributed by atoms with Crippen LogP contribution in [-0.4, -0.2) is 5.78 Å². The van der Waals surface area contributed by atoms with Gasteiger partial charge in [-0.05, 0) is 49.7 Å². The highest BCUT2D eigenvalue weighted by atomic mass is 32.1. The van der Waals surface area contributed by atoms with Crippen molar-refractivity contribution in [2.75, 3.05) is 0 Å². The van der Waals surface area contributed by atoms with Gasteiger partial charge >= 0.3 is 0 Å². The van der Waals surface area contributed by atoms with E-state index in [-0.39, 0.29) is 0 Å². The van der Waals surface area contributed by atoms with Crippen LogP contribution >= 0.6 is 11.3 Å². The van der Waals surface area contributed by atoms with Gasteiger partial charge in [-0.15, -0.1) is 11.3 Å². The van der Waals surface area contributed by atoms with E-state index in [0.717, 1.165) is 24.7 Å². The molecule has 2 heteroatoms. The molecular weight excluding hydrogens is 264 g/mol. The molecule has 2 aliphatic rings. The van der Waals surface area contributed by atoms with Crippen LogP contribution in [0.3, 0.4) is 0 Å². The van der Waals surface area contributed by atoms with Crippen molar-refractivity contribution in [1.29, 1.82) is 0 Å². The minimum Gasteiger partial charge on any atom is -0.299 e. The van der Waals surface area contributed by atoms with Gasteiger partial charge in [0, 0.05) is 22.1 Å². The topological polar surface area (TPSA) is 17.1 Å². The van der Waals surface area contributed by atoms with Crippen LogP contribution in [0.5, 0.6) is 0 Å². The summed E-state index contributed by atoms with van der Waals surface area (Å²) in [5.74, 6) is 2.68. The molecule has 20 heavy (non-hydrogen) atoms. The monoisotopic (exact) mass is 290 g/mol. The Morgan fingerprint density at radius 1 is 1.10 bits per heavy atom. The molecule has 2 saturated carbocycles. The Kier molecular flexibility index (Phi) is 4.60. The molecule has 0 bridgehead atoms. The zero-order valence-electron chi connectivity index (χ0n) is 12.6. The summed E-state index contributed by atoms with van der Waals surface area (Å²) in [7, 11) is 0. The molecule has 3 atom stereocenters. The first-order valence-corrected chi connectivity index (χ1v) is 9.18. The summed E-state index contributed by atoms with van der Waals surface area (Å²) >= 11 is 1.83. The minimum atomic E-state index is 0.363. The minimum absolute atomic E-state index is 0.363. The molecule has 3 unspecified atom stereocenters. The third-order valence-corrected chi connectivity index (χ3v) is 6.64. The van der Waals surface area contributed by atoms with Crippen molar-refractivity contribution in [3.8, 4) is 0 Å². The van der Waals surface area contributed by atoms with E-state index in [4.69, 9.17) is 0 Å². The van der Waals surface area contributed by atoms with Crippen LogP contribution in [0.2, 0.25) is 0 Å². The molecule has 110 valence electrons. The van der Waals surface area contributed by atoms with Gasteiger partial charge in [0.15, 0.2) is 0 Å². The lowest BCUT2D eigenvalue weighted by Gasteiger charge is -2.38. The van der Waals surface area contributed by atoms with E-state index >= 15 is 0 Å². The normalized spacial score (nSPS) is 29.9. The summed E-state index contributed by atoms with van der Waals surface area (Å²) in [5.41, 5.74) is 0. The van der Waals surface area contributed by atoms with Gasteiger partial charge in [0.25, 0.3) is 0 Å². The van der Waals surface area contributed by atoms with Gasteiger partial charge < -0.3 is 0 Å². The van der Waals surface area contributed by atoms with Gasteiger partial charge in [-0.25, -0.2) is 0 Å². The molecule has 1 aromatic rings. The van der Waals surface area contributed by atoms with Crippen LogP contribution in [0.15, 0.2) is 12.1 Å². The Morgan fingerprint density at radius 2 is 1.85 bits per heavy atom. The van der Waals surface area contributed by atoms with Gasteiger partial charge in [-0.1, -0.05) is 32.6 Å². The molecule has 0 aliphatic heterocycles. The van der Waals surface area contributed by atoms with Gasteiger partial charge in [0.2, 0.25) is 0 Å². The lowest BCUT2D eigenvalue weighted by Crippen LogP contribution is -2.31. The predicted octanol–water partition coefficient (Wildman–Crippen LogP) is 5.03. The largest absolute Gasteiger partial charge is 0.299 e. The van der Waals surface area contributed by atoms with Crippen molar-refractivity contribution in [3.63, 3.8) is 0 Å². The van der Waals surface area contributed by atoms with Crippen LogP contribution in [0, 0.1) is 17.8 Å². The fourth-order valence-electron chi connectivity index (χ4n) is 4.19. The van der Waals surface area contributed by atoms with E-state index in [1.54, 1.807) is 0 Å². The Labute approximate surface area is 126 Å². The Morgan fingerprint density at radius 3 is 2.60 bits per heavy atom.